The third-order valence-electron chi connectivity index (χ3n) is 8.01. The molecule has 0 N–H and O–H groups in total. The van der Waals surface area contributed by atoms with Gasteiger partial charge < -0.3 is 4.74 Å². The summed E-state index contributed by atoms with van der Waals surface area (Å²) in [6.07, 6.45) is 5.25. The maximum absolute atomic E-state index is 6.24. The summed E-state index contributed by atoms with van der Waals surface area (Å²) in [7, 11) is 0. The molecule has 0 spiro atoms. The van der Waals surface area contributed by atoms with Crippen molar-refractivity contribution in [2.45, 2.75) is 0 Å². The fraction of sp³-hybridized carbons (Fsp3) is 0. The van der Waals surface area contributed by atoms with Crippen LogP contribution < -0.4 is 9.64 Å². The van der Waals surface area contributed by atoms with Gasteiger partial charge in [0, 0.05) is 40.5 Å². The van der Waals surface area contributed by atoms with Crippen molar-refractivity contribution in [1.82, 2.24) is 24.9 Å². The quantitative estimate of drug-likeness (QED) is 0.197. The Labute approximate surface area is 252 Å². The van der Waals surface area contributed by atoms with E-state index in [4.69, 9.17) is 24.7 Å². The predicted octanol–water partition coefficient (Wildman–Crippen LogP) is 9.03. The normalized spacial score (nSPS) is 12.2. The zero-order valence-electron chi connectivity index (χ0n) is 23.3. The Balaban J connectivity index is 1.26. The molecular weight excluding hydrogens is 544 g/mol. The SMILES string of the molecule is c1ccc(-c2ccc(-c3ccc4c5nccnc5c5ccc(N6c7ccccc7Oc7ccccc76)nc5c4n3)cc2)nc1. The van der Waals surface area contributed by atoms with Crippen LogP contribution in [0.4, 0.5) is 17.2 Å². The van der Waals surface area contributed by atoms with Gasteiger partial charge in [-0.25, -0.2) is 9.97 Å². The first-order valence-corrected chi connectivity index (χ1v) is 14.3. The smallest absolute Gasteiger partial charge is 0.151 e. The number of anilines is 3. The number of aromatic nitrogens is 5. The van der Waals surface area contributed by atoms with Crippen molar-refractivity contribution in [2.75, 3.05) is 4.90 Å². The van der Waals surface area contributed by atoms with Crippen molar-refractivity contribution in [3.05, 3.63) is 134 Å². The van der Waals surface area contributed by atoms with Crippen LogP contribution in [0.25, 0.3) is 55.4 Å². The van der Waals surface area contributed by atoms with E-state index < -0.39 is 0 Å². The van der Waals surface area contributed by atoms with Crippen LogP contribution in [-0.4, -0.2) is 24.9 Å². The molecule has 0 bridgehead atoms. The summed E-state index contributed by atoms with van der Waals surface area (Å²) in [5.41, 5.74) is 8.82. The van der Waals surface area contributed by atoms with E-state index in [0.717, 1.165) is 84.0 Å². The van der Waals surface area contributed by atoms with Crippen LogP contribution in [0.1, 0.15) is 0 Å². The lowest BCUT2D eigenvalue weighted by Gasteiger charge is -2.32. The molecule has 0 atom stereocenters. The fourth-order valence-electron chi connectivity index (χ4n) is 5.97. The lowest BCUT2D eigenvalue weighted by molar-refractivity contribution is 0.476. The van der Waals surface area contributed by atoms with Crippen LogP contribution in [0.3, 0.4) is 0 Å². The molecule has 0 radical (unpaired) electrons. The van der Waals surface area contributed by atoms with Crippen molar-refractivity contribution < 1.29 is 4.74 Å². The van der Waals surface area contributed by atoms with Crippen molar-refractivity contribution in [2.24, 2.45) is 0 Å². The highest BCUT2D eigenvalue weighted by Gasteiger charge is 2.27. The molecule has 8 aromatic rings. The highest BCUT2D eigenvalue weighted by Crippen LogP contribution is 2.50. The number of hydrogen-bond acceptors (Lipinski definition) is 7. The third kappa shape index (κ3) is 3.80. The molecule has 0 unspecified atom stereocenters. The van der Waals surface area contributed by atoms with Crippen LogP contribution in [0.15, 0.2) is 134 Å². The van der Waals surface area contributed by atoms with Crippen LogP contribution in [0.5, 0.6) is 11.5 Å². The minimum Gasteiger partial charge on any atom is -0.453 e. The summed E-state index contributed by atoms with van der Waals surface area (Å²) in [4.78, 5) is 26.6. The lowest BCUT2D eigenvalue weighted by atomic mass is 10.0. The largest absolute Gasteiger partial charge is 0.453 e. The Morgan fingerprint density at radius 2 is 1.02 bits per heavy atom. The molecule has 0 aliphatic carbocycles. The van der Waals surface area contributed by atoms with Gasteiger partial charge in [0.1, 0.15) is 11.3 Å². The molecule has 7 nitrogen and oxygen atoms in total. The number of hydrogen-bond donors (Lipinski definition) is 0. The second kappa shape index (κ2) is 9.68. The molecule has 4 aromatic heterocycles. The first-order chi connectivity index (χ1) is 21.8. The van der Waals surface area contributed by atoms with Gasteiger partial charge in [0.15, 0.2) is 11.5 Å². The number of rotatable bonds is 3. The number of benzene rings is 4. The first-order valence-electron chi connectivity index (χ1n) is 14.3. The fourth-order valence-corrected chi connectivity index (χ4v) is 5.97. The Morgan fingerprint density at radius 3 is 1.68 bits per heavy atom. The van der Waals surface area contributed by atoms with Crippen molar-refractivity contribution in [1.29, 1.82) is 0 Å². The van der Waals surface area contributed by atoms with Crippen molar-refractivity contribution in [3.8, 4) is 34.0 Å². The minimum absolute atomic E-state index is 0.761. The van der Waals surface area contributed by atoms with E-state index in [2.05, 4.69) is 46.3 Å². The maximum Gasteiger partial charge on any atom is 0.151 e. The highest BCUT2D eigenvalue weighted by atomic mass is 16.5. The third-order valence-corrected chi connectivity index (χ3v) is 8.01. The van der Waals surface area contributed by atoms with Gasteiger partial charge in [-0.3, -0.25) is 19.9 Å². The van der Waals surface area contributed by atoms with E-state index in [-0.39, 0.29) is 0 Å². The second-order valence-electron chi connectivity index (χ2n) is 10.6. The average molecular weight is 567 g/mol. The molecule has 5 heterocycles. The molecule has 7 heteroatoms. The van der Waals surface area contributed by atoms with E-state index in [1.807, 2.05) is 85.1 Å². The van der Waals surface area contributed by atoms with Gasteiger partial charge in [-0.1, -0.05) is 54.6 Å². The van der Waals surface area contributed by atoms with Gasteiger partial charge >= 0.3 is 0 Å². The highest BCUT2D eigenvalue weighted by molar-refractivity contribution is 6.21. The number of nitrogens with zero attached hydrogens (tertiary/aromatic N) is 6. The van der Waals surface area contributed by atoms with Gasteiger partial charge in [0.05, 0.1) is 39.3 Å². The molecule has 0 saturated heterocycles. The van der Waals surface area contributed by atoms with Crippen LogP contribution in [0.2, 0.25) is 0 Å². The molecule has 0 saturated carbocycles. The van der Waals surface area contributed by atoms with Gasteiger partial charge in [-0.2, -0.15) is 0 Å². The number of para-hydroxylation sites is 4. The monoisotopic (exact) mass is 566 g/mol. The summed E-state index contributed by atoms with van der Waals surface area (Å²) in [6, 6.07) is 38.5. The topological polar surface area (TPSA) is 76.9 Å². The summed E-state index contributed by atoms with van der Waals surface area (Å²) in [5.74, 6) is 2.31. The Bertz CT molecular complexity index is 2330. The Kier molecular flexibility index (Phi) is 5.36. The summed E-state index contributed by atoms with van der Waals surface area (Å²) in [6.45, 7) is 0. The van der Waals surface area contributed by atoms with E-state index in [1.54, 1.807) is 12.4 Å². The molecule has 44 heavy (non-hydrogen) atoms. The van der Waals surface area contributed by atoms with E-state index in [9.17, 15) is 0 Å². The summed E-state index contributed by atoms with van der Waals surface area (Å²) < 4.78 is 6.24. The van der Waals surface area contributed by atoms with E-state index in [1.165, 1.54) is 0 Å². The average Bonchev–Trinajstić information content (AvgIpc) is 3.10. The summed E-state index contributed by atoms with van der Waals surface area (Å²) in [5, 5.41) is 1.80. The molecule has 1 aliphatic rings. The second-order valence-corrected chi connectivity index (χ2v) is 10.6. The van der Waals surface area contributed by atoms with Gasteiger partial charge in [0.25, 0.3) is 0 Å². The number of ether oxygens (including phenoxy) is 1. The molecular formula is C37H22N6O. The Hall–Kier alpha value is -6.21. The lowest BCUT2D eigenvalue weighted by Crippen LogP contribution is -2.16. The van der Waals surface area contributed by atoms with Crippen LogP contribution >= 0.6 is 0 Å². The van der Waals surface area contributed by atoms with Gasteiger partial charge in [-0.15, -0.1) is 0 Å². The van der Waals surface area contributed by atoms with E-state index in [0.29, 0.717) is 0 Å². The van der Waals surface area contributed by atoms with Crippen molar-refractivity contribution in [3.63, 3.8) is 0 Å². The zero-order chi connectivity index (χ0) is 29.0. The maximum atomic E-state index is 6.24. The number of pyridine rings is 3. The van der Waals surface area contributed by atoms with Gasteiger partial charge in [-0.05, 0) is 60.7 Å². The summed E-state index contributed by atoms with van der Waals surface area (Å²) >= 11 is 0. The van der Waals surface area contributed by atoms with Gasteiger partial charge in [0.2, 0.25) is 0 Å². The number of fused-ring (bicyclic) bond motifs is 8. The molecule has 0 fully saturated rings. The van der Waals surface area contributed by atoms with Crippen molar-refractivity contribution >= 4 is 50.0 Å². The van der Waals surface area contributed by atoms with Crippen LogP contribution in [0, 0.1) is 0 Å². The zero-order valence-corrected chi connectivity index (χ0v) is 23.3. The predicted molar refractivity (Wildman–Crippen MR) is 174 cm³/mol. The first kappa shape index (κ1) is 24.4. The minimum atomic E-state index is 0.761. The molecule has 9 rings (SSSR count). The van der Waals surface area contributed by atoms with Crippen LogP contribution in [-0.2, 0) is 0 Å². The molecule has 0 amide bonds. The molecule has 1 aliphatic heterocycles. The Morgan fingerprint density at radius 1 is 0.432 bits per heavy atom. The molecule has 4 aromatic carbocycles. The molecule has 206 valence electrons. The standard InChI is InChI=1S/C37H22N6O/c1-3-10-31-29(8-1)43(30-9-2-4-11-32(30)44-31)33-19-17-26-35-34(39-21-22-40-35)25-16-18-28(41-36(25)37(26)42-33)24-14-12-23(13-15-24)27-7-5-6-20-38-27/h1-22H. The van der Waals surface area contributed by atoms with E-state index >= 15 is 0 Å².